The van der Waals surface area contributed by atoms with Gasteiger partial charge in [-0.3, -0.25) is 9.59 Å². The number of thiophene rings is 1. The van der Waals surface area contributed by atoms with Crippen LogP contribution in [0.2, 0.25) is 10.0 Å². The van der Waals surface area contributed by atoms with E-state index in [-0.39, 0.29) is 22.9 Å². The van der Waals surface area contributed by atoms with Crippen molar-refractivity contribution < 1.29 is 9.59 Å². The van der Waals surface area contributed by atoms with Gasteiger partial charge in [-0.15, -0.1) is 11.3 Å². The Morgan fingerprint density at radius 3 is 2.54 bits per heavy atom. The minimum absolute atomic E-state index is 0.167. The highest BCUT2D eigenvalue weighted by Gasteiger charge is 2.35. The first-order valence-electron chi connectivity index (χ1n) is 11.5. The Bertz CT molecular complexity index is 1370. The molecule has 0 radical (unpaired) electrons. The van der Waals surface area contributed by atoms with Gasteiger partial charge in [-0.25, -0.2) is 4.99 Å². The Morgan fingerprint density at radius 1 is 1.11 bits per heavy atom. The molecule has 2 N–H and O–H groups in total. The van der Waals surface area contributed by atoms with Gasteiger partial charge in [0.05, 0.1) is 11.3 Å². The van der Waals surface area contributed by atoms with Crippen molar-refractivity contribution in [2.24, 2.45) is 16.3 Å². The Kier molecular flexibility index (Phi) is 6.24. The lowest BCUT2D eigenvalue weighted by Gasteiger charge is -2.33. The molecule has 5 rings (SSSR count). The third-order valence-electron chi connectivity index (χ3n) is 6.71. The molecule has 2 amide bonds. The van der Waals surface area contributed by atoms with Crippen molar-refractivity contribution in [3.05, 3.63) is 74.1 Å². The third-order valence-corrected chi connectivity index (χ3v) is 8.35. The van der Waals surface area contributed by atoms with Gasteiger partial charge >= 0.3 is 0 Å². The Hall–Kier alpha value is -2.67. The predicted octanol–water partition coefficient (Wildman–Crippen LogP) is 7.53. The minimum atomic E-state index is -0.301. The van der Waals surface area contributed by atoms with Crippen LogP contribution in [0.4, 0.5) is 16.4 Å². The summed E-state index contributed by atoms with van der Waals surface area (Å²) < 4.78 is 0. The summed E-state index contributed by atoms with van der Waals surface area (Å²) >= 11 is 13.7. The van der Waals surface area contributed by atoms with E-state index in [9.17, 15) is 9.59 Å². The first kappa shape index (κ1) is 24.0. The number of anilines is 2. The third kappa shape index (κ3) is 4.75. The molecule has 1 aliphatic heterocycles. The zero-order valence-electron chi connectivity index (χ0n) is 19.7. The van der Waals surface area contributed by atoms with Crippen LogP contribution in [-0.2, 0) is 17.6 Å². The molecule has 0 bridgehead atoms. The van der Waals surface area contributed by atoms with Crippen LogP contribution < -0.4 is 10.6 Å². The molecule has 2 heterocycles. The molecule has 35 heavy (non-hydrogen) atoms. The number of rotatable bonds is 3. The zero-order chi connectivity index (χ0) is 24.9. The van der Waals surface area contributed by atoms with Gasteiger partial charge in [-0.2, -0.15) is 0 Å². The topological polar surface area (TPSA) is 70.6 Å². The molecular formula is C27H25Cl2N3O2S. The summed E-state index contributed by atoms with van der Waals surface area (Å²) in [4.78, 5) is 32.3. The Labute approximate surface area is 218 Å². The summed E-state index contributed by atoms with van der Waals surface area (Å²) in [5.74, 6) is -0.0241. The van der Waals surface area contributed by atoms with Crippen molar-refractivity contribution in [2.75, 3.05) is 10.6 Å². The maximum absolute atomic E-state index is 13.6. The highest BCUT2D eigenvalue weighted by molar-refractivity contribution is 7.16. The number of nitrogens with one attached hydrogen (secondary N) is 2. The standard InChI is InChI=1S/C27H25Cl2N3O2S/c1-27(2,3)14-4-10-18-21(12-14)35-26(22(18)24(33)30-17-8-5-15(28)6-9-17)32-23-19-13-16(29)7-11-20(19)31-25(23)34/h5-9,11,13-14H,4,10,12H2,1-3H3,(H,30,33)(H,31,32,34)/t14-/m0/s1. The fourth-order valence-electron chi connectivity index (χ4n) is 4.69. The summed E-state index contributed by atoms with van der Waals surface area (Å²) in [7, 11) is 0. The van der Waals surface area contributed by atoms with Gasteiger partial charge in [0.25, 0.3) is 11.8 Å². The van der Waals surface area contributed by atoms with Crippen LogP contribution in [0.5, 0.6) is 0 Å². The van der Waals surface area contributed by atoms with Crippen molar-refractivity contribution in [3.8, 4) is 0 Å². The molecule has 0 unspecified atom stereocenters. The lowest BCUT2D eigenvalue weighted by atomic mass is 9.72. The van der Waals surface area contributed by atoms with Crippen molar-refractivity contribution >= 4 is 68.4 Å². The highest BCUT2D eigenvalue weighted by Crippen LogP contribution is 2.46. The van der Waals surface area contributed by atoms with E-state index >= 15 is 0 Å². The summed E-state index contributed by atoms with van der Waals surface area (Å²) in [6.45, 7) is 6.78. The molecule has 0 spiro atoms. The van der Waals surface area contributed by atoms with Crippen LogP contribution in [0, 0.1) is 11.3 Å². The highest BCUT2D eigenvalue weighted by atomic mass is 35.5. The van der Waals surface area contributed by atoms with E-state index in [0.29, 0.717) is 43.5 Å². The molecule has 8 heteroatoms. The molecule has 0 saturated carbocycles. The number of carbonyl (C=O) groups excluding carboxylic acids is 2. The molecular weight excluding hydrogens is 501 g/mol. The van der Waals surface area contributed by atoms with Crippen LogP contribution in [0.3, 0.4) is 0 Å². The Balaban J connectivity index is 1.59. The number of hydrogen-bond acceptors (Lipinski definition) is 4. The summed E-state index contributed by atoms with van der Waals surface area (Å²) in [5, 5.41) is 7.50. The molecule has 2 aliphatic rings. The molecule has 0 fully saturated rings. The van der Waals surface area contributed by atoms with E-state index < -0.39 is 0 Å². The number of aliphatic imine (C=N–C) groups is 1. The second-order valence-electron chi connectivity index (χ2n) is 10.1. The number of benzene rings is 2. The lowest BCUT2D eigenvalue weighted by molar-refractivity contribution is -0.110. The van der Waals surface area contributed by atoms with Gasteiger partial charge in [-0.1, -0.05) is 44.0 Å². The minimum Gasteiger partial charge on any atom is -0.322 e. The van der Waals surface area contributed by atoms with Crippen molar-refractivity contribution in [2.45, 2.75) is 40.0 Å². The molecule has 2 aromatic carbocycles. The number of halogens is 2. The van der Waals surface area contributed by atoms with Gasteiger partial charge < -0.3 is 10.6 Å². The van der Waals surface area contributed by atoms with E-state index in [4.69, 9.17) is 28.2 Å². The van der Waals surface area contributed by atoms with E-state index in [2.05, 4.69) is 31.4 Å². The second kappa shape index (κ2) is 9.08. The average Bonchev–Trinajstić information content (AvgIpc) is 3.31. The monoisotopic (exact) mass is 525 g/mol. The van der Waals surface area contributed by atoms with Gasteiger partial charge in [0.1, 0.15) is 10.7 Å². The molecule has 0 saturated heterocycles. The smallest absolute Gasteiger partial charge is 0.275 e. The SMILES string of the molecule is CC(C)(C)[C@H]1CCc2c(sc(N=C3C(=O)Nc4ccc(Cl)cc43)c2C(=O)Nc2ccc(Cl)cc2)C1. The molecule has 1 atom stereocenters. The number of carbonyl (C=O) groups is 2. The fourth-order valence-corrected chi connectivity index (χ4v) is 6.29. The van der Waals surface area contributed by atoms with Crippen LogP contribution in [0.25, 0.3) is 0 Å². The van der Waals surface area contributed by atoms with Gasteiger partial charge in [0.15, 0.2) is 0 Å². The number of fused-ring (bicyclic) bond motifs is 2. The van der Waals surface area contributed by atoms with Crippen LogP contribution >= 0.6 is 34.5 Å². The maximum Gasteiger partial charge on any atom is 0.275 e. The normalized spacial score (nSPS) is 18.3. The quantitative estimate of drug-likeness (QED) is 0.370. The van der Waals surface area contributed by atoms with Crippen LogP contribution in [0.15, 0.2) is 47.5 Å². The molecule has 1 aliphatic carbocycles. The van der Waals surface area contributed by atoms with E-state index in [1.165, 1.54) is 16.2 Å². The maximum atomic E-state index is 13.6. The van der Waals surface area contributed by atoms with E-state index in [1.54, 1.807) is 42.5 Å². The largest absolute Gasteiger partial charge is 0.322 e. The van der Waals surface area contributed by atoms with Gasteiger partial charge in [0, 0.05) is 26.2 Å². The van der Waals surface area contributed by atoms with Crippen molar-refractivity contribution in [1.29, 1.82) is 0 Å². The predicted molar refractivity (Wildman–Crippen MR) is 145 cm³/mol. The lowest BCUT2D eigenvalue weighted by Crippen LogP contribution is -2.27. The first-order chi connectivity index (χ1) is 16.6. The Morgan fingerprint density at radius 2 is 1.83 bits per heavy atom. The molecule has 5 nitrogen and oxygen atoms in total. The van der Waals surface area contributed by atoms with Gasteiger partial charge in [0.2, 0.25) is 0 Å². The van der Waals surface area contributed by atoms with Gasteiger partial charge in [-0.05, 0) is 78.6 Å². The summed E-state index contributed by atoms with van der Waals surface area (Å²) in [6.07, 6.45) is 2.70. The summed E-state index contributed by atoms with van der Waals surface area (Å²) in [6, 6.07) is 12.2. The zero-order valence-corrected chi connectivity index (χ0v) is 22.0. The molecule has 3 aromatic rings. The van der Waals surface area contributed by atoms with Crippen molar-refractivity contribution in [1.82, 2.24) is 0 Å². The number of nitrogens with zero attached hydrogens (tertiary/aromatic N) is 1. The number of amides is 2. The fraction of sp³-hybridized carbons (Fsp3) is 0.296. The average molecular weight is 526 g/mol. The van der Waals surface area contributed by atoms with Crippen LogP contribution in [-0.4, -0.2) is 17.5 Å². The second-order valence-corrected chi connectivity index (χ2v) is 12.0. The van der Waals surface area contributed by atoms with Crippen molar-refractivity contribution in [3.63, 3.8) is 0 Å². The summed E-state index contributed by atoms with van der Waals surface area (Å²) in [5.41, 5.74) is 3.98. The van der Waals surface area contributed by atoms with E-state index in [0.717, 1.165) is 24.8 Å². The van der Waals surface area contributed by atoms with E-state index in [1.807, 2.05) is 0 Å². The molecule has 1 aromatic heterocycles. The van der Waals surface area contributed by atoms with Crippen LogP contribution in [0.1, 0.15) is 53.6 Å². The first-order valence-corrected chi connectivity index (χ1v) is 13.1. The number of hydrogen-bond donors (Lipinski definition) is 2. The molecule has 180 valence electrons.